The van der Waals surface area contributed by atoms with Gasteiger partial charge in [-0.2, -0.15) is 0 Å². The van der Waals surface area contributed by atoms with Crippen LogP contribution in [0.25, 0.3) is 0 Å². The number of aromatic carboxylic acids is 1. The van der Waals surface area contributed by atoms with Crippen LogP contribution in [0.1, 0.15) is 21.5 Å². The van der Waals surface area contributed by atoms with Crippen molar-refractivity contribution in [2.45, 2.75) is 13.1 Å². The molecule has 148 valence electrons. The average molecular weight is 392 g/mol. The standard InChI is InChI=1S/C22H20N2O5/c1-29-21-7-2-4-17(12-21)15-23(20-6-3-5-18(13-20)22(25)26)14-16-8-10-19(11-9-16)24(27)28/h2-13H,14-15H2,1H3,(H,25,26). The van der Waals surface area contributed by atoms with Crippen LogP contribution >= 0.6 is 0 Å². The van der Waals surface area contributed by atoms with Crippen molar-refractivity contribution in [1.82, 2.24) is 0 Å². The van der Waals surface area contributed by atoms with Gasteiger partial charge in [0.15, 0.2) is 0 Å². The zero-order valence-electron chi connectivity index (χ0n) is 15.8. The highest BCUT2D eigenvalue weighted by molar-refractivity contribution is 5.88. The number of nitro groups is 1. The molecule has 7 nitrogen and oxygen atoms in total. The molecule has 3 aromatic rings. The van der Waals surface area contributed by atoms with Gasteiger partial charge in [-0.3, -0.25) is 10.1 Å². The van der Waals surface area contributed by atoms with Gasteiger partial charge in [0.05, 0.1) is 17.6 Å². The number of carboxylic acids is 1. The molecule has 1 N–H and O–H groups in total. The summed E-state index contributed by atoms with van der Waals surface area (Å²) in [5, 5.41) is 20.2. The van der Waals surface area contributed by atoms with Crippen LogP contribution < -0.4 is 9.64 Å². The van der Waals surface area contributed by atoms with Crippen molar-refractivity contribution in [3.8, 4) is 5.75 Å². The molecule has 0 fully saturated rings. The zero-order chi connectivity index (χ0) is 20.8. The van der Waals surface area contributed by atoms with E-state index in [0.29, 0.717) is 13.1 Å². The molecule has 0 radical (unpaired) electrons. The molecule has 7 heteroatoms. The maximum Gasteiger partial charge on any atom is 0.335 e. The SMILES string of the molecule is COc1cccc(CN(Cc2ccc([N+](=O)[O-])cc2)c2cccc(C(=O)O)c2)c1. The number of carboxylic acid groups (broad SMARTS) is 1. The fraction of sp³-hybridized carbons (Fsp3) is 0.136. The lowest BCUT2D eigenvalue weighted by molar-refractivity contribution is -0.384. The van der Waals surface area contributed by atoms with Gasteiger partial charge in [-0.1, -0.05) is 30.3 Å². The molecule has 3 aromatic carbocycles. The van der Waals surface area contributed by atoms with E-state index < -0.39 is 10.9 Å². The topological polar surface area (TPSA) is 92.9 Å². The fourth-order valence-electron chi connectivity index (χ4n) is 3.01. The molecule has 0 unspecified atom stereocenters. The van der Waals surface area contributed by atoms with E-state index in [0.717, 1.165) is 22.6 Å². The monoisotopic (exact) mass is 392 g/mol. The van der Waals surface area contributed by atoms with Crippen molar-refractivity contribution in [3.05, 3.63) is 99.6 Å². The van der Waals surface area contributed by atoms with E-state index >= 15 is 0 Å². The summed E-state index contributed by atoms with van der Waals surface area (Å²) in [4.78, 5) is 23.8. The number of non-ortho nitro benzene ring substituents is 1. The number of nitro benzene ring substituents is 1. The van der Waals surface area contributed by atoms with E-state index in [2.05, 4.69) is 0 Å². The lowest BCUT2D eigenvalue weighted by Crippen LogP contribution is -2.22. The van der Waals surface area contributed by atoms with Gasteiger partial charge in [-0.15, -0.1) is 0 Å². The van der Waals surface area contributed by atoms with Gasteiger partial charge in [0.2, 0.25) is 0 Å². The van der Waals surface area contributed by atoms with Crippen LogP contribution in [-0.2, 0) is 13.1 Å². The number of methoxy groups -OCH3 is 1. The van der Waals surface area contributed by atoms with Crippen molar-refractivity contribution in [1.29, 1.82) is 0 Å². The summed E-state index contributed by atoms with van der Waals surface area (Å²) in [7, 11) is 1.60. The van der Waals surface area contributed by atoms with Crippen molar-refractivity contribution in [3.63, 3.8) is 0 Å². The molecule has 0 aliphatic carbocycles. The molecular weight excluding hydrogens is 372 g/mol. The minimum Gasteiger partial charge on any atom is -0.497 e. The molecule has 0 aliphatic rings. The van der Waals surface area contributed by atoms with E-state index in [1.807, 2.05) is 35.2 Å². The highest BCUT2D eigenvalue weighted by atomic mass is 16.6. The quantitative estimate of drug-likeness (QED) is 0.448. The second-order valence-electron chi connectivity index (χ2n) is 6.49. The Bertz CT molecular complexity index is 1020. The van der Waals surface area contributed by atoms with Crippen molar-refractivity contribution < 1.29 is 19.6 Å². The maximum absolute atomic E-state index is 11.4. The molecule has 0 aromatic heterocycles. The first-order valence-corrected chi connectivity index (χ1v) is 8.91. The Morgan fingerprint density at radius 1 is 1.00 bits per heavy atom. The number of benzene rings is 3. The fourth-order valence-corrected chi connectivity index (χ4v) is 3.01. The van der Waals surface area contributed by atoms with Gasteiger partial charge in [0, 0.05) is 30.9 Å². The Balaban J connectivity index is 1.93. The van der Waals surface area contributed by atoms with Crippen LogP contribution in [0, 0.1) is 10.1 Å². The molecule has 0 bridgehead atoms. The highest BCUT2D eigenvalue weighted by Gasteiger charge is 2.13. The molecule has 3 rings (SSSR count). The first-order chi connectivity index (χ1) is 14.0. The number of nitrogens with zero attached hydrogens (tertiary/aromatic N) is 2. The number of carbonyl (C=O) groups is 1. The molecule has 0 spiro atoms. The zero-order valence-corrected chi connectivity index (χ0v) is 15.8. The Morgan fingerprint density at radius 2 is 1.69 bits per heavy atom. The third kappa shape index (κ3) is 5.10. The molecule has 0 aliphatic heterocycles. The number of rotatable bonds is 8. The van der Waals surface area contributed by atoms with E-state index in [-0.39, 0.29) is 11.3 Å². The number of ether oxygens (including phenoxy) is 1. The Morgan fingerprint density at radius 3 is 2.34 bits per heavy atom. The first kappa shape index (κ1) is 19.9. The number of anilines is 1. The largest absolute Gasteiger partial charge is 0.497 e. The Kier molecular flexibility index (Phi) is 6.09. The van der Waals surface area contributed by atoms with Gasteiger partial charge >= 0.3 is 5.97 Å². The molecule has 0 atom stereocenters. The molecule has 0 saturated heterocycles. The predicted molar refractivity (Wildman–Crippen MR) is 109 cm³/mol. The minimum atomic E-state index is -0.997. The summed E-state index contributed by atoms with van der Waals surface area (Å²) in [6, 6.07) is 20.7. The van der Waals surface area contributed by atoms with Crippen LogP contribution in [0.15, 0.2) is 72.8 Å². The van der Waals surface area contributed by atoms with Crippen molar-refractivity contribution >= 4 is 17.3 Å². The normalized spacial score (nSPS) is 10.4. The summed E-state index contributed by atoms with van der Waals surface area (Å²) in [5.41, 5.74) is 2.83. The lowest BCUT2D eigenvalue weighted by atomic mass is 10.1. The second-order valence-corrected chi connectivity index (χ2v) is 6.49. The number of hydrogen-bond acceptors (Lipinski definition) is 5. The molecule has 0 amide bonds. The minimum absolute atomic E-state index is 0.0287. The molecule has 0 heterocycles. The third-order valence-electron chi connectivity index (χ3n) is 4.49. The van der Waals surface area contributed by atoms with Gasteiger partial charge < -0.3 is 14.7 Å². The maximum atomic E-state index is 11.4. The van der Waals surface area contributed by atoms with Gasteiger partial charge in [0.1, 0.15) is 5.75 Å². The van der Waals surface area contributed by atoms with Gasteiger partial charge in [-0.25, -0.2) is 4.79 Å². The summed E-state index contributed by atoms with van der Waals surface area (Å²) < 4.78 is 5.29. The van der Waals surface area contributed by atoms with Gasteiger partial charge in [0.25, 0.3) is 5.69 Å². The molecular formula is C22H20N2O5. The summed E-state index contributed by atoms with van der Waals surface area (Å²) in [5.74, 6) is -0.263. The van der Waals surface area contributed by atoms with E-state index in [1.54, 1.807) is 37.4 Å². The average Bonchev–Trinajstić information content (AvgIpc) is 2.74. The van der Waals surface area contributed by atoms with E-state index in [9.17, 15) is 20.0 Å². The van der Waals surface area contributed by atoms with Crippen molar-refractivity contribution in [2.24, 2.45) is 0 Å². The van der Waals surface area contributed by atoms with Crippen LogP contribution in [0.4, 0.5) is 11.4 Å². The Labute approximate surface area is 167 Å². The smallest absolute Gasteiger partial charge is 0.335 e. The number of hydrogen-bond donors (Lipinski definition) is 1. The molecule has 29 heavy (non-hydrogen) atoms. The first-order valence-electron chi connectivity index (χ1n) is 8.91. The van der Waals surface area contributed by atoms with Crippen LogP contribution in [-0.4, -0.2) is 23.1 Å². The van der Waals surface area contributed by atoms with E-state index in [1.165, 1.54) is 12.1 Å². The summed E-state index contributed by atoms with van der Waals surface area (Å²) >= 11 is 0. The summed E-state index contributed by atoms with van der Waals surface area (Å²) in [6.45, 7) is 0.968. The van der Waals surface area contributed by atoms with Crippen LogP contribution in [0.2, 0.25) is 0 Å². The van der Waals surface area contributed by atoms with Crippen LogP contribution in [0.3, 0.4) is 0 Å². The lowest BCUT2D eigenvalue weighted by Gasteiger charge is -2.26. The van der Waals surface area contributed by atoms with Crippen molar-refractivity contribution in [2.75, 3.05) is 12.0 Å². The molecule has 0 saturated carbocycles. The third-order valence-corrected chi connectivity index (χ3v) is 4.49. The highest BCUT2D eigenvalue weighted by Crippen LogP contribution is 2.24. The van der Waals surface area contributed by atoms with Crippen LogP contribution in [0.5, 0.6) is 5.75 Å². The predicted octanol–water partition coefficient (Wildman–Crippen LogP) is 4.51. The van der Waals surface area contributed by atoms with E-state index in [4.69, 9.17) is 4.74 Å². The Hall–Kier alpha value is -3.87. The summed E-state index contributed by atoms with van der Waals surface area (Å²) in [6.07, 6.45) is 0. The second kappa shape index (κ2) is 8.88. The van der Waals surface area contributed by atoms with Gasteiger partial charge in [-0.05, 0) is 41.5 Å².